The van der Waals surface area contributed by atoms with Gasteiger partial charge in [0, 0.05) is 24.1 Å². The van der Waals surface area contributed by atoms with Crippen LogP contribution >= 0.6 is 0 Å². The third kappa shape index (κ3) is 3.46. The summed E-state index contributed by atoms with van der Waals surface area (Å²) in [6.07, 6.45) is -5.18. The molecule has 0 aliphatic rings. The van der Waals surface area contributed by atoms with Gasteiger partial charge in [0.2, 0.25) is 0 Å². The molecule has 1 rings (SSSR count). The highest BCUT2D eigenvalue weighted by Crippen LogP contribution is 2.50. The molecule has 0 heterocycles. The first-order chi connectivity index (χ1) is 11.1. The monoisotopic (exact) mass is 348 g/mol. The Morgan fingerprint density at radius 1 is 1.25 bits per heavy atom. The Morgan fingerprint density at radius 2 is 1.79 bits per heavy atom. The lowest BCUT2D eigenvalue weighted by molar-refractivity contribution is -0.392. The number of azide groups is 1. The summed E-state index contributed by atoms with van der Waals surface area (Å²) in [4.78, 5) is 23.4. The highest BCUT2D eigenvalue weighted by Gasteiger charge is 2.43. The second kappa shape index (κ2) is 7.00. The van der Waals surface area contributed by atoms with Gasteiger partial charge in [0.05, 0.1) is 15.4 Å². The molecule has 13 heteroatoms. The van der Waals surface area contributed by atoms with Gasteiger partial charge in [-0.3, -0.25) is 20.2 Å². The van der Waals surface area contributed by atoms with E-state index in [4.69, 9.17) is 5.53 Å². The summed E-state index contributed by atoms with van der Waals surface area (Å²) < 4.78 is 39.3. The number of anilines is 1. The van der Waals surface area contributed by atoms with Crippen LogP contribution in [0.3, 0.4) is 0 Å². The van der Waals surface area contributed by atoms with Gasteiger partial charge in [-0.1, -0.05) is 5.11 Å². The Morgan fingerprint density at radius 3 is 2.12 bits per heavy atom. The quantitative estimate of drug-likeness (QED) is 0.248. The summed E-state index contributed by atoms with van der Waals surface area (Å²) in [6, 6.07) is 0.144. The zero-order valence-corrected chi connectivity index (χ0v) is 12.4. The van der Waals surface area contributed by atoms with Gasteiger partial charge in [0.1, 0.15) is 5.69 Å². The molecule has 0 spiro atoms. The third-order valence-corrected chi connectivity index (χ3v) is 3.14. The topological polar surface area (TPSA) is 138 Å². The Bertz CT molecular complexity index is 725. The maximum Gasteiger partial charge on any atom is 0.417 e. The van der Waals surface area contributed by atoms with Crippen LogP contribution in [0.15, 0.2) is 11.2 Å². The first kappa shape index (κ1) is 19.0. The van der Waals surface area contributed by atoms with Crippen molar-refractivity contribution in [1.82, 2.24) is 0 Å². The molecule has 1 aromatic carbocycles. The smallest absolute Gasteiger partial charge is 0.361 e. The van der Waals surface area contributed by atoms with Gasteiger partial charge < -0.3 is 4.90 Å². The van der Waals surface area contributed by atoms with E-state index < -0.39 is 44.3 Å². The van der Waals surface area contributed by atoms with E-state index in [9.17, 15) is 33.4 Å². The fraction of sp³-hybridized carbons (Fsp3) is 0.455. The van der Waals surface area contributed by atoms with E-state index in [-0.39, 0.29) is 19.2 Å². The van der Waals surface area contributed by atoms with Crippen molar-refractivity contribution in [1.29, 1.82) is 0 Å². The molecule has 0 atom stereocenters. The van der Waals surface area contributed by atoms with Crippen molar-refractivity contribution < 1.29 is 23.0 Å². The molecule has 0 saturated heterocycles. The molecule has 0 unspecified atom stereocenters. The predicted molar refractivity (Wildman–Crippen MR) is 77.1 cm³/mol. The van der Waals surface area contributed by atoms with Crippen molar-refractivity contribution in [2.24, 2.45) is 5.11 Å². The molecule has 130 valence electrons. The zero-order chi connectivity index (χ0) is 18.7. The van der Waals surface area contributed by atoms with Crippen LogP contribution in [0.25, 0.3) is 10.4 Å². The minimum absolute atomic E-state index is 0.0548. The molecule has 10 nitrogen and oxygen atoms in total. The SMILES string of the molecule is CCN(CC)c1c([N+](=O)[O-])cc(C(F)(F)F)c(N=[N+]=[N-])c1[N+](=O)[O-]. The molecular weight excluding hydrogens is 337 g/mol. The minimum atomic E-state index is -5.18. The van der Waals surface area contributed by atoms with E-state index in [2.05, 4.69) is 10.0 Å². The summed E-state index contributed by atoms with van der Waals surface area (Å²) in [5, 5.41) is 25.3. The van der Waals surface area contributed by atoms with Gasteiger partial charge in [-0.05, 0) is 19.4 Å². The normalized spacial score (nSPS) is 10.9. The molecular formula is C11H11F3N6O4. The number of rotatable bonds is 6. The van der Waals surface area contributed by atoms with Crippen molar-refractivity contribution in [2.45, 2.75) is 20.0 Å². The summed E-state index contributed by atoms with van der Waals surface area (Å²) >= 11 is 0. The molecule has 0 aromatic heterocycles. The Kier molecular flexibility index (Phi) is 5.53. The molecule has 0 amide bonds. The van der Waals surface area contributed by atoms with Gasteiger partial charge in [-0.25, -0.2) is 0 Å². The summed E-state index contributed by atoms with van der Waals surface area (Å²) in [7, 11) is 0. The minimum Gasteiger partial charge on any atom is -0.361 e. The first-order valence-corrected chi connectivity index (χ1v) is 6.47. The van der Waals surface area contributed by atoms with Crippen LogP contribution in [-0.2, 0) is 6.18 Å². The number of nitro groups is 2. The zero-order valence-electron chi connectivity index (χ0n) is 12.4. The summed E-state index contributed by atoms with van der Waals surface area (Å²) in [5.41, 5.74) is 2.44. The van der Waals surface area contributed by atoms with E-state index in [0.29, 0.717) is 0 Å². The molecule has 0 bridgehead atoms. The lowest BCUT2D eigenvalue weighted by Gasteiger charge is -2.22. The third-order valence-electron chi connectivity index (χ3n) is 3.14. The second-order valence-electron chi connectivity index (χ2n) is 4.36. The molecule has 0 N–H and O–H groups in total. The number of hydrogen-bond acceptors (Lipinski definition) is 6. The van der Waals surface area contributed by atoms with E-state index in [0.717, 1.165) is 4.90 Å². The number of benzene rings is 1. The van der Waals surface area contributed by atoms with Crippen LogP contribution < -0.4 is 4.90 Å². The molecule has 24 heavy (non-hydrogen) atoms. The Balaban J connectivity index is 4.14. The van der Waals surface area contributed by atoms with Crippen LogP contribution in [0.5, 0.6) is 0 Å². The van der Waals surface area contributed by atoms with Gasteiger partial charge in [-0.2, -0.15) is 13.2 Å². The van der Waals surface area contributed by atoms with E-state index in [1.807, 2.05) is 0 Å². The maximum absolute atomic E-state index is 13.1. The maximum atomic E-state index is 13.1. The molecule has 1 aromatic rings. The lowest BCUT2D eigenvalue weighted by Crippen LogP contribution is -2.24. The van der Waals surface area contributed by atoms with Gasteiger partial charge in [0.15, 0.2) is 5.69 Å². The van der Waals surface area contributed by atoms with E-state index in [1.54, 1.807) is 0 Å². The van der Waals surface area contributed by atoms with Crippen molar-refractivity contribution in [2.75, 3.05) is 18.0 Å². The largest absolute Gasteiger partial charge is 0.417 e. The molecule has 0 aliphatic heterocycles. The number of hydrogen-bond donors (Lipinski definition) is 0. The van der Waals surface area contributed by atoms with Crippen molar-refractivity contribution in [3.8, 4) is 0 Å². The van der Waals surface area contributed by atoms with Gasteiger partial charge >= 0.3 is 11.9 Å². The van der Waals surface area contributed by atoms with E-state index >= 15 is 0 Å². The molecule has 0 fully saturated rings. The summed E-state index contributed by atoms with van der Waals surface area (Å²) in [5.74, 6) is 0. The lowest BCUT2D eigenvalue weighted by atomic mass is 10.1. The Hall–Kier alpha value is -3.08. The van der Waals surface area contributed by atoms with Crippen molar-refractivity contribution in [3.05, 3.63) is 42.3 Å². The predicted octanol–water partition coefficient (Wildman–Crippen LogP) is 4.31. The van der Waals surface area contributed by atoms with Gasteiger partial charge in [-0.15, -0.1) is 0 Å². The molecule has 0 radical (unpaired) electrons. The van der Waals surface area contributed by atoms with Crippen LogP contribution in [-0.4, -0.2) is 22.9 Å². The van der Waals surface area contributed by atoms with Crippen molar-refractivity contribution in [3.63, 3.8) is 0 Å². The second-order valence-corrected chi connectivity index (χ2v) is 4.36. The molecule has 0 aliphatic carbocycles. The van der Waals surface area contributed by atoms with Crippen LogP contribution in [0, 0.1) is 20.2 Å². The number of halogens is 3. The van der Waals surface area contributed by atoms with Gasteiger partial charge in [0.25, 0.3) is 5.69 Å². The number of nitro benzene ring substituents is 2. The average Bonchev–Trinajstić information content (AvgIpc) is 2.46. The van der Waals surface area contributed by atoms with Crippen LogP contribution in [0.4, 0.5) is 35.9 Å². The standard InChI is InChI=1S/C11H11F3N6O4/c1-3-18(4-2)9-7(19(21)22)5-6(11(12,13)14)8(16-17-15)10(9)20(23)24/h5H,3-4H2,1-2H3. The highest BCUT2D eigenvalue weighted by molar-refractivity contribution is 5.85. The van der Waals surface area contributed by atoms with E-state index in [1.165, 1.54) is 13.8 Å². The fourth-order valence-corrected chi connectivity index (χ4v) is 2.16. The molecule has 0 saturated carbocycles. The van der Waals surface area contributed by atoms with Crippen molar-refractivity contribution >= 4 is 22.7 Å². The van der Waals surface area contributed by atoms with Crippen LogP contribution in [0.1, 0.15) is 19.4 Å². The Labute approximate surface area is 132 Å². The average molecular weight is 348 g/mol. The summed E-state index contributed by atoms with van der Waals surface area (Å²) in [6.45, 7) is 3.14. The van der Waals surface area contributed by atoms with Crippen LogP contribution in [0.2, 0.25) is 0 Å². The first-order valence-electron chi connectivity index (χ1n) is 6.47. The number of nitrogens with zero attached hydrogens (tertiary/aromatic N) is 6. The fourth-order valence-electron chi connectivity index (χ4n) is 2.16. The highest BCUT2D eigenvalue weighted by atomic mass is 19.4. The number of alkyl halides is 3.